The Kier molecular flexibility index (Phi) is 3.16. The Morgan fingerprint density at radius 2 is 2.50 bits per heavy atom. The predicted octanol–water partition coefficient (Wildman–Crippen LogP) is -0.623. The molecule has 0 radical (unpaired) electrons. The normalized spacial score (nSPS) is 24.6. The van der Waals surface area contributed by atoms with E-state index in [1.54, 1.807) is 6.92 Å². The van der Waals surface area contributed by atoms with E-state index < -0.39 is 5.97 Å². The molecule has 3 N–H and O–H groups in total. The molecule has 0 aliphatic carbocycles. The van der Waals surface area contributed by atoms with Crippen LogP contribution in [0.3, 0.4) is 0 Å². The number of carbonyl (C=O) groups is 1. The molecule has 2 atom stereocenters. The van der Waals surface area contributed by atoms with Crippen LogP contribution in [0, 0.1) is 0 Å². The molecule has 1 aromatic rings. The number of aliphatic hydroxyl groups excluding tert-OH is 1. The van der Waals surface area contributed by atoms with Crippen LogP contribution >= 0.6 is 0 Å². The minimum absolute atomic E-state index is 0.0278. The van der Waals surface area contributed by atoms with Crippen LogP contribution in [0.1, 0.15) is 35.8 Å². The zero-order valence-corrected chi connectivity index (χ0v) is 8.93. The van der Waals surface area contributed by atoms with Crippen LogP contribution in [0.15, 0.2) is 0 Å². The highest BCUT2D eigenvalue weighted by Gasteiger charge is 2.27. The predicted molar refractivity (Wildman–Crippen MR) is 53.7 cm³/mol. The average Bonchev–Trinajstić information content (AvgIpc) is 2.85. The van der Waals surface area contributed by atoms with Crippen molar-refractivity contribution < 1.29 is 14.6 Å². The van der Waals surface area contributed by atoms with Crippen molar-refractivity contribution in [3.8, 4) is 0 Å². The number of H-pyrrole nitrogens is 1. The minimum atomic E-state index is -0.538. The van der Waals surface area contributed by atoms with Gasteiger partial charge in [-0.05, 0) is 13.3 Å². The van der Waals surface area contributed by atoms with Gasteiger partial charge in [-0.25, -0.2) is 9.78 Å². The number of carbonyl (C=O) groups excluding carboxylic acids is 1. The molecule has 1 aromatic heterocycles. The largest absolute Gasteiger partial charge is 0.460 e. The van der Waals surface area contributed by atoms with Gasteiger partial charge in [0.25, 0.3) is 5.82 Å². The summed E-state index contributed by atoms with van der Waals surface area (Å²) in [5.41, 5.74) is 0. The highest BCUT2D eigenvalue weighted by Crippen LogP contribution is 2.19. The van der Waals surface area contributed by atoms with E-state index in [-0.39, 0.29) is 18.0 Å². The van der Waals surface area contributed by atoms with Crippen molar-refractivity contribution in [3.63, 3.8) is 0 Å². The van der Waals surface area contributed by atoms with Crippen LogP contribution in [0.25, 0.3) is 0 Å². The number of aromatic amines is 1. The molecule has 88 valence electrons. The number of nitrogens with zero attached hydrogens (tertiary/aromatic N) is 2. The lowest BCUT2D eigenvalue weighted by molar-refractivity contribution is 0.0512. The quantitative estimate of drug-likeness (QED) is 0.594. The second-order valence-corrected chi connectivity index (χ2v) is 3.62. The second-order valence-electron chi connectivity index (χ2n) is 3.62. The zero-order chi connectivity index (χ0) is 11.5. The van der Waals surface area contributed by atoms with Crippen LogP contribution in [0.5, 0.6) is 0 Å². The molecule has 2 heterocycles. The molecule has 16 heavy (non-hydrogen) atoms. The Labute approximate surface area is 92.2 Å². The first-order valence-electron chi connectivity index (χ1n) is 5.21. The van der Waals surface area contributed by atoms with E-state index in [1.807, 2.05) is 0 Å². The summed E-state index contributed by atoms with van der Waals surface area (Å²) in [5, 5.41) is 18.9. The number of β-amino-alcohol motifs (C(OH)–C–C–N with tert-alkyl or cyclic N) is 1. The van der Waals surface area contributed by atoms with Gasteiger partial charge in [-0.3, -0.25) is 5.10 Å². The SMILES string of the molecule is CCOC(=O)c1n[nH]c([C@@H]2C[C@H](O)CN2)n1. The highest BCUT2D eigenvalue weighted by molar-refractivity contribution is 5.84. The smallest absolute Gasteiger partial charge is 0.378 e. The molecule has 0 aromatic carbocycles. The van der Waals surface area contributed by atoms with Crippen LogP contribution < -0.4 is 5.32 Å². The number of aliphatic hydroxyl groups is 1. The van der Waals surface area contributed by atoms with E-state index in [2.05, 4.69) is 20.5 Å². The third-order valence-electron chi connectivity index (χ3n) is 2.40. The number of nitrogens with one attached hydrogen (secondary N) is 2. The summed E-state index contributed by atoms with van der Waals surface area (Å²) in [6, 6.07) is -0.0781. The molecule has 0 spiro atoms. The van der Waals surface area contributed by atoms with Crippen molar-refractivity contribution >= 4 is 5.97 Å². The molecular formula is C9H14N4O3. The summed E-state index contributed by atoms with van der Waals surface area (Å²) >= 11 is 0. The van der Waals surface area contributed by atoms with Crippen molar-refractivity contribution in [2.24, 2.45) is 0 Å². The molecule has 0 unspecified atom stereocenters. The monoisotopic (exact) mass is 226 g/mol. The van der Waals surface area contributed by atoms with Gasteiger partial charge in [0.15, 0.2) is 0 Å². The maximum absolute atomic E-state index is 11.3. The number of aromatic nitrogens is 3. The Morgan fingerprint density at radius 3 is 3.12 bits per heavy atom. The van der Waals surface area contributed by atoms with Gasteiger partial charge in [0, 0.05) is 6.54 Å². The third kappa shape index (κ3) is 2.20. The lowest BCUT2D eigenvalue weighted by Crippen LogP contribution is -2.16. The summed E-state index contributed by atoms with van der Waals surface area (Å²) in [4.78, 5) is 15.3. The maximum atomic E-state index is 11.3. The van der Waals surface area contributed by atoms with Crippen molar-refractivity contribution in [1.82, 2.24) is 20.5 Å². The first kappa shape index (κ1) is 11.0. The van der Waals surface area contributed by atoms with E-state index in [0.717, 1.165) is 0 Å². The van der Waals surface area contributed by atoms with Crippen molar-refractivity contribution in [1.29, 1.82) is 0 Å². The summed E-state index contributed by atoms with van der Waals surface area (Å²) in [6.07, 6.45) is 0.193. The van der Waals surface area contributed by atoms with E-state index in [4.69, 9.17) is 4.74 Å². The molecule has 1 saturated heterocycles. The summed E-state index contributed by atoms with van der Waals surface area (Å²) in [6.45, 7) is 2.55. The molecule has 1 fully saturated rings. The van der Waals surface area contributed by atoms with E-state index in [9.17, 15) is 9.90 Å². The molecule has 0 bridgehead atoms. The first-order valence-corrected chi connectivity index (χ1v) is 5.21. The number of esters is 1. The second kappa shape index (κ2) is 4.58. The molecule has 0 saturated carbocycles. The minimum Gasteiger partial charge on any atom is -0.460 e. The Bertz CT molecular complexity index is 379. The van der Waals surface area contributed by atoms with Gasteiger partial charge in [-0.2, -0.15) is 0 Å². The van der Waals surface area contributed by atoms with E-state index in [1.165, 1.54) is 0 Å². The van der Waals surface area contributed by atoms with Gasteiger partial charge in [0.1, 0.15) is 5.82 Å². The molecule has 1 aliphatic rings. The van der Waals surface area contributed by atoms with Crippen molar-refractivity contribution in [3.05, 3.63) is 11.6 Å². The van der Waals surface area contributed by atoms with Crippen molar-refractivity contribution in [2.45, 2.75) is 25.5 Å². The number of ether oxygens (including phenoxy) is 1. The molecule has 1 aliphatic heterocycles. The van der Waals surface area contributed by atoms with Crippen molar-refractivity contribution in [2.75, 3.05) is 13.2 Å². The van der Waals surface area contributed by atoms with E-state index >= 15 is 0 Å². The fourth-order valence-electron chi connectivity index (χ4n) is 1.64. The molecule has 2 rings (SSSR count). The Hall–Kier alpha value is -1.47. The van der Waals surface area contributed by atoms with Crippen LogP contribution in [0.4, 0.5) is 0 Å². The Balaban J connectivity index is 2.04. The van der Waals surface area contributed by atoms with Gasteiger partial charge in [0.05, 0.1) is 18.8 Å². The maximum Gasteiger partial charge on any atom is 0.378 e. The fraction of sp³-hybridized carbons (Fsp3) is 0.667. The number of hydrogen-bond donors (Lipinski definition) is 3. The van der Waals surface area contributed by atoms with Gasteiger partial charge in [0.2, 0.25) is 0 Å². The average molecular weight is 226 g/mol. The van der Waals surface area contributed by atoms with Crippen LogP contribution in [0.2, 0.25) is 0 Å². The summed E-state index contributed by atoms with van der Waals surface area (Å²) in [5.74, 6) is 0.0446. The topological polar surface area (TPSA) is 100 Å². The number of rotatable bonds is 3. The summed E-state index contributed by atoms with van der Waals surface area (Å²) in [7, 11) is 0. The lowest BCUT2D eigenvalue weighted by atomic mass is 10.2. The molecular weight excluding hydrogens is 212 g/mol. The fourth-order valence-corrected chi connectivity index (χ4v) is 1.64. The van der Waals surface area contributed by atoms with Crippen LogP contribution in [-0.4, -0.2) is 45.5 Å². The number of hydrogen-bond acceptors (Lipinski definition) is 6. The molecule has 7 heteroatoms. The molecule has 7 nitrogen and oxygen atoms in total. The Morgan fingerprint density at radius 1 is 1.69 bits per heavy atom. The zero-order valence-electron chi connectivity index (χ0n) is 8.93. The van der Waals surface area contributed by atoms with Gasteiger partial charge >= 0.3 is 5.97 Å². The highest BCUT2D eigenvalue weighted by atomic mass is 16.5. The molecule has 0 amide bonds. The van der Waals surface area contributed by atoms with Gasteiger partial charge < -0.3 is 15.2 Å². The first-order chi connectivity index (χ1) is 7.70. The van der Waals surface area contributed by atoms with Gasteiger partial charge in [-0.1, -0.05) is 0 Å². The standard InChI is InChI=1S/C9H14N4O3/c1-2-16-9(15)8-11-7(12-13-8)6-3-5(14)4-10-6/h5-6,10,14H,2-4H2,1H3,(H,11,12,13)/t5-,6-/m0/s1. The van der Waals surface area contributed by atoms with Crippen LogP contribution in [-0.2, 0) is 4.74 Å². The van der Waals surface area contributed by atoms with E-state index in [0.29, 0.717) is 25.4 Å². The summed E-state index contributed by atoms with van der Waals surface area (Å²) < 4.78 is 4.77. The lowest BCUT2D eigenvalue weighted by Gasteiger charge is -2.03. The van der Waals surface area contributed by atoms with Gasteiger partial charge in [-0.15, -0.1) is 5.10 Å². The third-order valence-corrected chi connectivity index (χ3v) is 2.40.